The van der Waals surface area contributed by atoms with Gasteiger partial charge in [0.1, 0.15) is 0 Å². The molecule has 0 fully saturated rings. The van der Waals surface area contributed by atoms with Gasteiger partial charge in [-0.3, -0.25) is 4.79 Å². The fraction of sp³-hybridized carbons (Fsp3) is 0.450. The number of carbonyl (C=O) groups excluding carboxylic acids is 1. The highest BCUT2D eigenvalue weighted by Crippen LogP contribution is 2.31. The number of halogens is 1. The van der Waals surface area contributed by atoms with Crippen LogP contribution in [-0.4, -0.2) is 38.3 Å². The third-order valence-corrected chi connectivity index (χ3v) is 8.36. The Morgan fingerprint density at radius 1 is 1.21 bits per heavy atom. The SMILES string of the molecule is CCN(CC)S(=O)(=O)c1ccc2c(c1)CCCN2C(=O)CCc1ccc(Cl)s1. The summed E-state index contributed by atoms with van der Waals surface area (Å²) in [6, 6.07) is 8.94. The molecule has 1 aliphatic rings. The standard InChI is InChI=1S/C20H25ClN2O3S2/c1-3-22(4-2)28(25,26)17-9-10-18-15(14-17)6-5-13-23(18)20(24)12-8-16-7-11-19(21)27-16/h7,9-11,14H,3-6,8,12-13H2,1-2H3. The molecule has 3 rings (SSSR count). The predicted octanol–water partition coefficient (Wildman–Crippen LogP) is 4.34. The number of fused-ring (bicyclic) bond motifs is 1. The molecule has 28 heavy (non-hydrogen) atoms. The van der Waals surface area contributed by atoms with Crippen LogP contribution in [0.1, 0.15) is 37.1 Å². The van der Waals surface area contributed by atoms with Gasteiger partial charge in [0.05, 0.1) is 9.23 Å². The van der Waals surface area contributed by atoms with Crippen molar-refractivity contribution in [2.45, 2.75) is 44.4 Å². The van der Waals surface area contributed by atoms with Crippen molar-refractivity contribution in [1.29, 1.82) is 0 Å². The number of anilines is 1. The van der Waals surface area contributed by atoms with Crippen LogP contribution >= 0.6 is 22.9 Å². The van der Waals surface area contributed by atoms with Crippen molar-refractivity contribution in [3.05, 3.63) is 45.1 Å². The monoisotopic (exact) mass is 440 g/mol. The molecule has 0 atom stereocenters. The summed E-state index contributed by atoms with van der Waals surface area (Å²) < 4.78 is 27.8. The van der Waals surface area contributed by atoms with Gasteiger partial charge < -0.3 is 4.90 Å². The Bertz CT molecular complexity index is 952. The van der Waals surface area contributed by atoms with E-state index in [1.54, 1.807) is 23.1 Å². The quantitative estimate of drug-likeness (QED) is 0.643. The first-order valence-corrected chi connectivity index (χ1v) is 12.2. The minimum atomic E-state index is -3.50. The highest BCUT2D eigenvalue weighted by Gasteiger charge is 2.26. The summed E-state index contributed by atoms with van der Waals surface area (Å²) in [7, 11) is -3.50. The maximum Gasteiger partial charge on any atom is 0.243 e. The summed E-state index contributed by atoms with van der Waals surface area (Å²) in [5.74, 6) is 0.0600. The van der Waals surface area contributed by atoms with E-state index in [1.165, 1.54) is 15.6 Å². The highest BCUT2D eigenvalue weighted by molar-refractivity contribution is 7.89. The van der Waals surface area contributed by atoms with Gasteiger partial charge in [0.15, 0.2) is 0 Å². The third-order valence-electron chi connectivity index (χ3n) is 5.03. The van der Waals surface area contributed by atoms with Gasteiger partial charge in [-0.1, -0.05) is 25.4 Å². The van der Waals surface area contributed by atoms with E-state index in [0.717, 1.165) is 33.3 Å². The van der Waals surface area contributed by atoms with Crippen molar-refractivity contribution in [1.82, 2.24) is 4.31 Å². The molecule has 0 aliphatic carbocycles. The van der Waals surface area contributed by atoms with Crippen LogP contribution in [0.5, 0.6) is 0 Å². The molecule has 1 amide bonds. The molecule has 0 radical (unpaired) electrons. The second-order valence-electron chi connectivity index (χ2n) is 6.73. The maximum atomic E-state index is 12.8. The van der Waals surface area contributed by atoms with Gasteiger partial charge in [-0.25, -0.2) is 8.42 Å². The van der Waals surface area contributed by atoms with E-state index >= 15 is 0 Å². The Kier molecular flexibility index (Phi) is 6.81. The lowest BCUT2D eigenvalue weighted by Gasteiger charge is -2.30. The highest BCUT2D eigenvalue weighted by atomic mass is 35.5. The molecule has 152 valence electrons. The molecule has 2 heterocycles. The number of sulfonamides is 1. The Balaban J connectivity index is 1.79. The summed E-state index contributed by atoms with van der Waals surface area (Å²) >= 11 is 7.45. The van der Waals surface area contributed by atoms with Crippen molar-refractivity contribution in [2.75, 3.05) is 24.5 Å². The van der Waals surface area contributed by atoms with Crippen LogP contribution in [0, 0.1) is 0 Å². The zero-order valence-electron chi connectivity index (χ0n) is 16.2. The maximum absolute atomic E-state index is 12.8. The van der Waals surface area contributed by atoms with Gasteiger partial charge >= 0.3 is 0 Å². The second kappa shape index (κ2) is 8.95. The number of aryl methyl sites for hydroxylation is 2. The zero-order chi connectivity index (χ0) is 20.3. The molecule has 8 heteroatoms. The summed E-state index contributed by atoms with van der Waals surface area (Å²) in [6.07, 6.45) is 2.69. The second-order valence-corrected chi connectivity index (χ2v) is 10.5. The molecule has 1 aromatic heterocycles. The molecule has 5 nitrogen and oxygen atoms in total. The van der Waals surface area contributed by atoms with Crippen LogP contribution in [0.15, 0.2) is 35.2 Å². The Morgan fingerprint density at radius 3 is 2.61 bits per heavy atom. The van der Waals surface area contributed by atoms with E-state index in [4.69, 9.17) is 11.6 Å². The number of rotatable bonds is 7. The fourth-order valence-corrected chi connectivity index (χ4v) is 6.15. The minimum Gasteiger partial charge on any atom is -0.312 e. The van der Waals surface area contributed by atoms with Gasteiger partial charge in [0, 0.05) is 36.6 Å². The van der Waals surface area contributed by atoms with Crippen LogP contribution in [0.3, 0.4) is 0 Å². The van der Waals surface area contributed by atoms with Crippen molar-refractivity contribution in [3.8, 4) is 0 Å². The van der Waals surface area contributed by atoms with Crippen LogP contribution in [0.25, 0.3) is 0 Å². The number of hydrogen-bond acceptors (Lipinski definition) is 4. The molecular weight excluding hydrogens is 416 g/mol. The van der Waals surface area contributed by atoms with Crippen molar-refractivity contribution < 1.29 is 13.2 Å². The first-order valence-electron chi connectivity index (χ1n) is 9.54. The van der Waals surface area contributed by atoms with Crippen LogP contribution < -0.4 is 4.90 Å². The topological polar surface area (TPSA) is 57.7 Å². The van der Waals surface area contributed by atoms with Crippen molar-refractivity contribution in [2.24, 2.45) is 0 Å². The first-order chi connectivity index (χ1) is 13.4. The normalized spacial score (nSPS) is 14.4. The summed E-state index contributed by atoms with van der Waals surface area (Å²) in [5, 5.41) is 0. The largest absolute Gasteiger partial charge is 0.312 e. The molecule has 1 aromatic carbocycles. The molecule has 1 aliphatic heterocycles. The molecule has 0 bridgehead atoms. The lowest BCUT2D eigenvalue weighted by atomic mass is 10.0. The Labute approximate surface area is 176 Å². The number of hydrogen-bond donors (Lipinski definition) is 0. The van der Waals surface area contributed by atoms with Gasteiger partial charge in [-0.15, -0.1) is 11.3 Å². The lowest BCUT2D eigenvalue weighted by Crippen LogP contribution is -2.36. The third kappa shape index (κ3) is 4.43. The summed E-state index contributed by atoms with van der Waals surface area (Å²) in [5.41, 5.74) is 1.76. The summed E-state index contributed by atoms with van der Waals surface area (Å²) in [6.45, 7) is 5.21. The van der Waals surface area contributed by atoms with E-state index in [1.807, 2.05) is 26.0 Å². The lowest BCUT2D eigenvalue weighted by molar-refractivity contribution is -0.118. The molecule has 0 saturated heterocycles. The summed E-state index contributed by atoms with van der Waals surface area (Å²) in [4.78, 5) is 16.0. The van der Waals surface area contributed by atoms with E-state index < -0.39 is 10.0 Å². The van der Waals surface area contributed by atoms with Crippen molar-refractivity contribution >= 4 is 44.6 Å². The van der Waals surface area contributed by atoms with Crippen LogP contribution in [0.2, 0.25) is 4.34 Å². The van der Waals surface area contributed by atoms with Gasteiger partial charge in [-0.05, 0) is 55.2 Å². The molecule has 0 unspecified atom stereocenters. The van der Waals surface area contributed by atoms with E-state index in [0.29, 0.717) is 37.4 Å². The smallest absolute Gasteiger partial charge is 0.243 e. The number of nitrogens with zero attached hydrogens (tertiary/aromatic N) is 2. The molecule has 0 N–H and O–H groups in total. The van der Waals surface area contributed by atoms with E-state index in [9.17, 15) is 13.2 Å². The van der Waals surface area contributed by atoms with Gasteiger partial charge in [0.2, 0.25) is 15.9 Å². The van der Waals surface area contributed by atoms with Crippen molar-refractivity contribution in [3.63, 3.8) is 0 Å². The molecule has 2 aromatic rings. The zero-order valence-corrected chi connectivity index (χ0v) is 18.5. The number of thiophene rings is 1. The number of benzene rings is 1. The minimum absolute atomic E-state index is 0.0600. The molecule has 0 saturated carbocycles. The number of carbonyl (C=O) groups is 1. The van der Waals surface area contributed by atoms with Crippen LogP contribution in [-0.2, 0) is 27.7 Å². The average molecular weight is 441 g/mol. The van der Waals surface area contributed by atoms with Crippen LogP contribution in [0.4, 0.5) is 5.69 Å². The van der Waals surface area contributed by atoms with Gasteiger partial charge in [0.25, 0.3) is 0 Å². The van der Waals surface area contributed by atoms with E-state index in [2.05, 4.69) is 0 Å². The first kappa shape index (κ1) is 21.3. The van der Waals surface area contributed by atoms with Gasteiger partial charge in [-0.2, -0.15) is 4.31 Å². The fourth-order valence-electron chi connectivity index (χ4n) is 3.56. The Hall–Kier alpha value is -1.41. The molecule has 0 spiro atoms. The molecular formula is C20H25ClN2O3S2. The van der Waals surface area contributed by atoms with E-state index in [-0.39, 0.29) is 5.91 Å². The Morgan fingerprint density at radius 2 is 1.96 bits per heavy atom. The average Bonchev–Trinajstić information content (AvgIpc) is 3.11. The number of amides is 1. The predicted molar refractivity (Wildman–Crippen MR) is 115 cm³/mol.